The SMILES string of the molecule is C=CCn1c(SCC(=O)N2CCOC(C)C2)nnc1-c1ccc(C(C)(C)C)cc1. The first-order valence-electron chi connectivity index (χ1n) is 9.97. The third-order valence-corrected chi connectivity index (χ3v) is 5.91. The lowest BCUT2D eigenvalue weighted by Gasteiger charge is -2.31. The van der Waals surface area contributed by atoms with Gasteiger partial charge in [0.2, 0.25) is 5.91 Å². The quantitative estimate of drug-likeness (QED) is 0.532. The van der Waals surface area contributed by atoms with Crippen LogP contribution >= 0.6 is 11.8 Å². The Hall–Kier alpha value is -2.12. The summed E-state index contributed by atoms with van der Waals surface area (Å²) in [6.45, 7) is 14.9. The van der Waals surface area contributed by atoms with Crippen molar-refractivity contribution in [3.05, 3.63) is 42.5 Å². The molecule has 1 aromatic heterocycles. The van der Waals surface area contributed by atoms with Crippen molar-refractivity contribution in [2.75, 3.05) is 25.4 Å². The Bertz CT molecular complexity index is 855. The fraction of sp³-hybridized carbons (Fsp3) is 0.500. The molecule has 6 nitrogen and oxygen atoms in total. The number of nitrogens with zero attached hydrogens (tertiary/aromatic N) is 4. The molecule has 156 valence electrons. The molecule has 1 fully saturated rings. The van der Waals surface area contributed by atoms with Gasteiger partial charge in [0.15, 0.2) is 11.0 Å². The second-order valence-corrected chi connectivity index (χ2v) is 9.29. The second kappa shape index (κ2) is 9.13. The summed E-state index contributed by atoms with van der Waals surface area (Å²) in [4.78, 5) is 14.4. The molecule has 1 amide bonds. The van der Waals surface area contributed by atoms with Crippen molar-refractivity contribution < 1.29 is 9.53 Å². The van der Waals surface area contributed by atoms with Gasteiger partial charge in [-0.15, -0.1) is 16.8 Å². The predicted octanol–water partition coefficient (Wildman–Crippen LogP) is 3.77. The van der Waals surface area contributed by atoms with E-state index in [0.717, 1.165) is 16.5 Å². The number of hydrogen-bond donors (Lipinski definition) is 0. The van der Waals surface area contributed by atoms with Crippen LogP contribution < -0.4 is 0 Å². The molecule has 0 radical (unpaired) electrons. The van der Waals surface area contributed by atoms with Crippen molar-refractivity contribution in [1.29, 1.82) is 0 Å². The number of amides is 1. The van der Waals surface area contributed by atoms with Crippen LogP contribution in [0.5, 0.6) is 0 Å². The minimum Gasteiger partial charge on any atom is -0.375 e. The molecule has 1 saturated heterocycles. The van der Waals surface area contributed by atoms with Gasteiger partial charge in [0, 0.05) is 25.2 Å². The molecule has 0 aliphatic carbocycles. The van der Waals surface area contributed by atoms with E-state index in [1.807, 2.05) is 22.5 Å². The predicted molar refractivity (Wildman–Crippen MR) is 117 cm³/mol. The molecule has 1 aromatic carbocycles. The molecular weight excluding hydrogens is 384 g/mol. The Morgan fingerprint density at radius 2 is 2.03 bits per heavy atom. The Morgan fingerprint density at radius 1 is 1.31 bits per heavy atom. The number of ether oxygens (including phenoxy) is 1. The largest absolute Gasteiger partial charge is 0.375 e. The maximum atomic E-state index is 12.6. The maximum absolute atomic E-state index is 12.6. The number of rotatable bonds is 6. The van der Waals surface area contributed by atoms with Crippen molar-refractivity contribution in [2.45, 2.75) is 50.9 Å². The number of morpholine rings is 1. The highest BCUT2D eigenvalue weighted by molar-refractivity contribution is 7.99. The van der Waals surface area contributed by atoms with Crippen LogP contribution in [-0.2, 0) is 21.5 Å². The van der Waals surface area contributed by atoms with Gasteiger partial charge in [-0.3, -0.25) is 9.36 Å². The summed E-state index contributed by atoms with van der Waals surface area (Å²) in [6.07, 6.45) is 1.91. The van der Waals surface area contributed by atoms with Crippen molar-refractivity contribution >= 4 is 17.7 Å². The van der Waals surface area contributed by atoms with E-state index < -0.39 is 0 Å². The lowest BCUT2D eigenvalue weighted by Crippen LogP contribution is -2.45. The Labute approximate surface area is 177 Å². The maximum Gasteiger partial charge on any atom is 0.233 e. The van der Waals surface area contributed by atoms with Crippen LogP contribution in [0.3, 0.4) is 0 Å². The van der Waals surface area contributed by atoms with Crippen LogP contribution in [-0.4, -0.2) is 57.1 Å². The van der Waals surface area contributed by atoms with Crippen LogP contribution in [0.4, 0.5) is 0 Å². The summed E-state index contributed by atoms with van der Waals surface area (Å²) >= 11 is 1.42. The zero-order chi connectivity index (χ0) is 21.0. The average Bonchev–Trinajstić information content (AvgIpc) is 3.08. The molecule has 0 saturated carbocycles. The molecule has 3 rings (SSSR count). The molecule has 0 N–H and O–H groups in total. The zero-order valence-electron chi connectivity index (χ0n) is 17.7. The fourth-order valence-corrected chi connectivity index (χ4v) is 4.14. The molecule has 7 heteroatoms. The van der Waals surface area contributed by atoms with Gasteiger partial charge in [-0.25, -0.2) is 0 Å². The van der Waals surface area contributed by atoms with Gasteiger partial charge in [0.1, 0.15) is 0 Å². The third kappa shape index (κ3) is 5.28. The van der Waals surface area contributed by atoms with Gasteiger partial charge in [0.05, 0.1) is 18.5 Å². The number of carbonyl (C=O) groups is 1. The van der Waals surface area contributed by atoms with Gasteiger partial charge in [-0.2, -0.15) is 0 Å². The normalized spacial score (nSPS) is 17.4. The molecular formula is C22H30N4O2S. The number of benzene rings is 1. The molecule has 1 unspecified atom stereocenters. The summed E-state index contributed by atoms with van der Waals surface area (Å²) in [5.74, 6) is 1.24. The van der Waals surface area contributed by atoms with E-state index in [0.29, 0.717) is 32.0 Å². The lowest BCUT2D eigenvalue weighted by atomic mass is 9.87. The smallest absolute Gasteiger partial charge is 0.233 e. The minimum atomic E-state index is 0.0878. The number of allylic oxidation sites excluding steroid dienone is 1. The van der Waals surface area contributed by atoms with Crippen molar-refractivity contribution in [3.8, 4) is 11.4 Å². The van der Waals surface area contributed by atoms with E-state index in [2.05, 4.69) is 61.8 Å². The van der Waals surface area contributed by atoms with Crippen LogP contribution in [0.15, 0.2) is 42.1 Å². The summed E-state index contributed by atoms with van der Waals surface area (Å²) in [5.41, 5.74) is 2.38. The minimum absolute atomic E-state index is 0.0878. The van der Waals surface area contributed by atoms with E-state index >= 15 is 0 Å². The molecule has 1 atom stereocenters. The van der Waals surface area contributed by atoms with Gasteiger partial charge in [-0.05, 0) is 17.9 Å². The summed E-state index contributed by atoms with van der Waals surface area (Å²) in [5, 5.41) is 9.48. The van der Waals surface area contributed by atoms with E-state index in [4.69, 9.17) is 4.74 Å². The molecule has 2 heterocycles. The van der Waals surface area contributed by atoms with Gasteiger partial charge in [0.25, 0.3) is 0 Å². The second-order valence-electron chi connectivity index (χ2n) is 8.34. The van der Waals surface area contributed by atoms with Crippen LogP contribution in [0.1, 0.15) is 33.3 Å². The fourth-order valence-electron chi connectivity index (χ4n) is 3.28. The number of hydrogen-bond acceptors (Lipinski definition) is 5. The van der Waals surface area contributed by atoms with Gasteiger partial charge >= 0.3 is 0 Å². The van der Waals surface area contributed by atoms with E-state index in [-0.39, 0.29) is 17.4 Å². The first kappa shape index (κ1) is 21.6. The summed E-state index contributed by atoms with van der Waals surface area (Å²) in [7, 11) is 0. The highest BCUT2D eigenvalue weighted by atomic mass is 32.2. The van der Waals surface area contributed by atoms with Crippen LogP contribution in [0.25, 0.3) is 11.4 Å². The Morgan fingerprint density at radius 3 is 2.66 bits per heavy atom. The van der Waals surface area contributed by atoms with Gasteiger partial charge < -0.3 is 9.64 Å². The highest BCUT2D eigenvalue weighted by Crippen LogP contribution is 2.28. The topological polar surface area (TPSA) is 60.2 Å². The summed E-state index contributed by atoms with van der Waals surface area (Å²) < 4.78 is 7.53. The molecule has 0 spiro atoms. The lowest BCUT2D eigenvalue weighted by molar-refractivity contribution is -0.135. The van der Waals surface area contributed by atoms with E-state index in [1.54, 1.807) is 0 Å². The van der Waals surface area contributed by atoms with Gasteiger partial charge in [-0.1, -0.05) is 62.9 Å². The standard InChI is InChI=1S/C22H30N4O2S/c1-6-11-26-20(17-7-9-18(10-8-17)22(3,4)5)23-24-21(26)29-15-19(27)25-12-13-28-16(2)14-25/h6-10,16H,1,11-15H2,2-5H3. The monoisotopic (exact) mass is 414 g/mol. The average molecular weight is 415 g/mol. The molecule has 0 bridgehead atoms. The first-order valence-corrected chi connectivity index (χ1v) is 11.0. The molecule has 1 aliphatic rings. The molecule has 1 aliphatic heterocycles. The zero-order valence-corrected chi connectivity index (χ0v) is 18.5. The third-order valence-electron chi connectivity index (χ3n) is 4.96. The number of aromatic nitrogens is 3. The Kier molecular flexibility index (Phi) is 6.80. The number of carbonyl (C=O) groups excluding carboxylic acids is 1. The van der Waals surface area contributed by atoms with Crippen molar-refractivity contribution in [2.24, 2.45) is 0 Å². The van der Waals surface area contributed by atoms with Crippen molar-refractivity contribution in [1.82, 2.24) is 19.7 Å². The van der Waals surface area contributed by atoms with E-state index in [9.17, 15) is 4.79 Å². The first-order chi connectivity index (χ1) is 13.8. The summed E-state index contributed by atoms with van der Waals surface area (Å²) in [6, 6.07) is 8.44. The van der Waals surface area contributed by atoms with Crippen molar-refractivity contribution in [3.63, 3.8) is 0 Å². The highest BCUT2D eigenvalue weighted by Gasteiger charge is 2.23. The van der Waals surface area contributed by atoms with Crippen LogP contribution in [0, 0.1) is 0 Å². The van der Waals surface area contributed by atoms with Crippen LogP contribution in [0.2, 0.25) is 0 Å². The molecule has 29 heavy (non-hydrogen) atoms. The van der Waals surface area contributed by atoms with E-state index in [1.165, 1.54) is 17.3 Å². The number of thioether (sulfide) groups is 1. The molecule has 2 aromatic rings. The Balaban J connectivity index is 1.74.